The predicted octanol–water partition coefficient (Wildman–Crippen LogP) is 0.777. The summed E-state index contributed by atoms with van der Waals surface area (Å²) in [6.07, 6.45) is 7.33. The Kier molecular flexibility index (Phi) is 2.84. The molecule has 0 bridgehead atoms. The average Bonchev–Trinajstić information content (AvgIpc) is 3.30. The van der Waals surface area contributed by atoms with Gasteiger partial charge in [0.05, 0.1) is 6.54 Å². The first-order valence-corrected chi connectivity index (χ1v) is 7.61. The molecule has 2 heterocycles. The highest BCUT2D eigenvalue weighted by Gasteiger charge is 2.42. The van der Waals surface area contributed by atoms with E-state index in [0.29, 0.717) is 12.1 Å². The largest absolute Gasteiger partial charge is 0.311 e. The molecule has 4 rings (SSSR count). The lowest BCUT2D eigenvalue weighted by Gasteiger charge is -2.40. The van der Waals surface area contributed by atoms with Gasteiger partial charge in [0.15, 0.2) is 0 Å². The summed E-state index contributed by atoms with van der Waals surface area (Å²) in [7, 11) is 2.00. The van der Waals surface area contributed by atoms with Gasteiger partial charge in [-0.3, -0.25) is 9.58 Å². The summed E-state index contributed by atoms with van der Waals surface area (Å²) < 4.78 is 1.91. The second-order valence-electron chi connectivity index (χ2n) is 6.49. The standard InChI is InChI=1S/C14H23N5/c1-18-14(16-9-17-18)8-19-7-12(10-2-3-10)15-6-13(19)11-4-5-11/h9-13,15H,2-8H2,1H3. The summed E-state index contributed by atoms with van der Waals surface area (Å²) in [6.45, 7) is 3.32. The number of hydrogen-bond donors (Lipinski definition) is 1. The lowest BCUT2D eigenvalue weighted by atomic mass is 10.0. The van der Waals surface area contributed by atoms with Gasteiger partial charge in [0.2, 0.25) is 0 Å². The summed E-state index contributed by atoms with van der Waals surface area (Å²) in [5.41, 5.74) is 0. The molecule has 19 heavy (non-hydrogen) atoms. The van der Waals surface area contributed by atoms with Gasteiger partial charge in [-0.15, -0.1) is 0 Å². The average molecular weight is 261 g/mol. The van der Waals surface area contributed by atoms with Crippen LogP contribution in [0, 0.1) is 11.8 Å². The second-order valence-corrected chi connectivity index (χ2v) is 6.49. The number of nitrogens with zero attached hydrogens (tertiary/aromatic N) is 4. The van der Waals surface area contributed by atoms with E-state index >= 15 is 0 Å². The molecule has 1 aliphatic heterocycles. The molecule has 2 atom stereocenters. The first-order valence-electron chi connectivity index (χ1n) is 7.61. The first kappa shape index (κ1) is 11.9. The van der Waals surface area contributed by atoms with Crippen molar-refractivity contribution in [2.75, 3.05) is 13.1 Å². The molecule has 5 heteroatoms. The number of rotatable bonds is 4. The van der Waals surface area contributed by atoms with Crippen molar-refractivity contribution in [3.63, 3.8) is 0 Å². The van der Waals surface area contributed by atoms with Crippen molar-refractivity contribution >= 4 is 0 Å². The summed E-state index contributed by atoms with van der Waals surface area (Å²) in [5.74, 6) is 2.95. The molecule has 1 aromatic rings. The number of aryl methyl sites for hydroxylation is 1. The maximum Gasteiger partial charge on any atom is 0.140 e. The number of nitrogens with one attached hydrogen (secondary N) is 1. The Morgan fingerprint density at radius 1 is 1.26 bits per heavy atom. The third kappa shape index (κ3) is 2.41. The summed E-state index contributed by atoms with van der Waals surface area (Å²) in [6, 6.07) is 1.43. The van der Waals surface area contributed by atoms with Crippen molar-refractivity contribution in [3.05, 3.63) is 12.2 Å². The topological polar surface area (TPSA) is 46.0 Å². The summed E-state index contributed by atoms with van der Waals surface area (Å²) in [5, 5.41) is 7.99. The van der Waals surface area contributed by atoms with Crippen molar-refractivity contribution in [2.24, 2.45) is 18.9 Å². The molecule has 2 unspecified atom stereocenters. The van der Waals surface area contributed by atoms with Crippen molar-refractivity contribution < 1.29 is 0 Å². The molecule has 1 aromatic heterocycles. The van der Waals surface area contributed by atoms with E-state index in [1.165, 1.54) is 38.8 Å². The van der Waals surface area contributed by atoms with E-state index in [1.54, 1.807) is 6.33 Å². The van der Waals surface area contributed by atoms with E-state index in [0.717, 1.165) is 24.2 Å². The zero-order valence-electron chi connectivity index (χ0n) is 11.6. The second kappa shape index (κ2) is 4.56. The molecule has 2 saturated carbocycles. The van der Waals surface area contributed by atoms with Crippen LogP contribution in [0.1, 0.15) is 31.5 Å². The van der Waals surface area contributed by atoms with E-state index < -0.39 is 0 Å². The van der Waals surface area contributed by atoms with E-state index in [1.807, 2.05) is 11.7 Å². The molecule has 0 aromatic carbocycles. The van der Waals surface area contributed by atoms with Gasteiger partial charge in [-0.05, 0) is 37.5 Å². The van der Waals surface area contributed by atoms with Gasteiger partial charge >= 0.3 is 0 Å². The fourth-order valence-electron chi connectivity index (χ4n) is 3.44. The Morgan fingerprint density at radius 3 is 2.68 bits per heavy atom. The molecule has 0 radical (unpaired) electrons. The number of hydrogen-bond acceptors (Lipinski definition) is 4. The van der Waals surface area contributed by atoms with Gasteiger partial charge in [-0.25, -0.2) is 4.98 Å². The van der Waals surface area contributed by atoms with Crippen LogP contribution in [0.5, 0.6) is 0 Å². The third-order valence-corrected chi connectivity index (χ3v) is 5.00. The molecule has 1 N–H and O–H groups in total. The first-order chi connectivity index (χ1) is 9.31. The highest BCUT2D eigenvalue weighted by atomic mass is 15.3. The zero-order valence-corrected chi connectivity index (χ0v) is 11.6. The van der Waals surface area contributed by atoms with Crippen LogP contribution < -0.4 is 5.32 Å². The predicted molar refractivity (Wildman–Crippen MR) is 72.4 cm³/mol. The normalized spacial score (nSPS) is 32.7. The Labute approximate surface area is 114 Å². The minimum atomic E-state index is 0.711. The van der Waals surface area contributed by atoms with Crippen molar-refractivity contribution in [2.45, 2.75) is 44.3 Å². The molecule has 104 valence electrons. The van der Waals surface area contributed by atoms with Crippen molar-refractivity contribution in [1.82, 2.24) is 25.0 Å². The minimum Gasteiger partial charge on any atom is -0.311 e. The smallest absolute Gasteiger partial charge is 0.140 e. The zero-order chi connectivity index (χ0) is 12.8. The Morgan fingerprint density at radius 2 is 2.05 bits per heavy atom. The van der Waals surface area contributed by atoms with Crippen molar-refractivity contribution in [3.8, 4) is 0 Å². The van der Waals surface area contributed by atoms with Crippen LogP contribution in [0.2, 0.25) is 0 Å². The maximum absolute atomic E-state index is 4.40. The highest BCUT2D eigenvalue weighted by molar-refractivity contribution is 5.00. The highest BCUT2D eigenvalue weighted by Crippen LogP contribution is 2.39. The lowest BCUT2D eigenvalue weighted by molar-refractivity contribution is 0.0964. The minimum absolute atomic E-state index is 0.711. The van der Waals surface area contributed by atoms with E-state index in [4.69, 9.17) is 0 Å². The van der Waals surface area contributed by atoms with Gasteiger partial charge in [0, 0.05) is 32.2 Å². The Bertz CT molecular complexity index is 448. The molecule has 5 nitrogen and oxygen atoms in total. The van der Waals surface area contributed by atoms with Gasteiger partial charge in [0.1, 0.15) is 12.2 Å². The van der Waals surface area contributed by atoms with Crippen LogP contribution in [-0.4, -0.2) is 44.8 Å². The van der Waals surface area contributed by atoms with Gasteiger partial charge in [-0.2, -0.15) is 5.10 Å². The van der Waals surface area contributed by atoms with E-state index in [2.05, 4.69) is 20.3 Å². The molecular weight excluding hydrogens is 238 g/mol. The number of piperazine rings is 1. The molecule has 3 fully saturated rings. The molecule has 1 saturated heterocycles. The van der Waals surface area contributed by atoms with E-state index in [-0.39, 0.29) is 0 Å². The summed E-state index contributed by atoms with van der Waals surface area (Å²) in [4.78, 5) is 7.07. The Balaban J connectivity index is 1.48. The molecule has 2 aliphatic carbocycles. The molecule has 0 spiro atoms. The maximum atomic E-state index is 4.40. The third-order valence-electron chi connectivity index (χ3n) is 5.00. The summed E-state index contributed by atoms with van der Waals surface area (Å²) >= 11 is 0. The SMILES string of the molecule is Cn1ncnc1CN1CC(C2CC2)NCC1C1CC1. The molecular formula is C14H23N5. The van der Waals surface area contributed by atoms with Gasteiger partial charge < -0.3 is 5.32 Å². The van der Waals surface area contributed by atoms with Gasteiger partial charge in [-0.1, -0.05) is 0 Å². The monoisotopic (exact) mass is 261 g/mol. The fourth-order valence-corrected chi connectivity index (χ4v) is 3.44. The van der Waals surface area contributed by atoms with E-state index in [9.17, 15) is 0 Å². The van der Waals surface area contributed by atoms with Crippen LogP contribution >= 0.6 is 0 Å². The van der Waals surface area contributed by atoms with Crippen LogP contribution in [0.25, 0.3) is 0 Å². The van der Waals surface area contributed by atoms with Crippen LogP contribution in [0.4, 0.5) is 0 Å². The fraction of sp³-hybridized carbons (Fsp3) is 0.857. The lowest BCUT2D eigenvalue weighted by Crippen LogP contribution is -2.57. The molecule has 3 aliphatic rings. The van der Waals surface area contributed by atoms with Crippen molar-refractivity contribution in [1.29, 1.82) is 0 Å². The van der Waals surface area contributed by atoms with Crippen LogP contribution in [0.15, 0.2) is 6.33 Å². The number of aromatic nitrogens is 3. The molecule has 0 amide bonds. The van der Waals surface area contributed by atoms with Crippen LogP contribution in [0.3, 0.4) is 0 Å². The van der Waals surface area contributed by atoms with Gasteiger partial charge in [0.25, 0.3) is 0 Å². The Hall–Kier alpha value is -0.940. The van der Waals surface area contributed by atoms with Crippen LogP contribution in [-0.2, 0) is 13.6 Å². The quantitative estimate of drug-likeness (QED) is 0.870.